The summed E-state index contributed by atoms with van der Waals surface area (Å²) < 4.78 is 10.8. The first-order valence-corrected chi connectivity index (χ1v) is 9.28. The zero-order chi connectivity index (χ0) is 18.4. The van der Waals surface area contributed by atoms with Gasteiger partial charge in [0.15, 0.2) is 11.5 Å². The van der Waals surface area contributed by atoms with Crippen LogP contribution in [0.1, 0.15) is 50.5 Å². The molecule has 7 heteroatoms. The summed E-state index contributed by atoms with van der Waals surface area (Å²) in [7, 11) is 0. The number of ether oxygens (including phenoxy) is 2. The van der Waals surface area contributed by atoms with Crippen molar-refractivity contribution in [3.8, 4) is 11.5 Å². The molecule has 1 aliphatic heterocycles. The number of hydrogen-bond acceptors (Lipinski definition) is 4. The predicted octanol–water partition coefficient (Wildman–Crippen LogP) is 3.12. The Morgan fingerprint density at radius 2 is 1.92 bits per heavy atom. The Morgan fingerprint density at radius 1 is 1.15 bits per heavy atom. The van der Waals surface area contributed by atoms with E-state index in [1.165, 1.54) is 6.42 Å². The lowest BCUT2D eigenvalue weighted by molar-refractivity contribution is -0.137. The molecular weight excluding hydrogens is 336 g/mol. The van der Waals surface area contributed by atoms with E-state index in [0.717, 1.165) is 37.0 Å². The highest BCUT2D eigenvalue weighted by molar-refractivity contribution is 5.74. The van der Waals surface area contributed by atoms with Crippen LogP contribution in [0, 0.1) is 0 Å². The first-order valence-electron chi connectivity index (χ1n) is 9.28. The Morgan fingerprint density at radius 3 is 2.69 bits per heavy atom. The minimum absolute atomic E-state index is 0.0614. The zero-order valence-electron chi connectivity index (χ0n) is 14.9. The van der Waals surface area contributed by atoms with Crippen LogP contribution in [0.3, 0.4) is 0 Å². The number of nitrogens with one attached hydrogen (secondary N) is 1. The number of urea groups is 1. The predicted molar refractivity (Wildman–Crippen MR) is 95.2 cm³/mol. The van der Waals surface area contributed by atoms with Crippen LogP contribution >= 0.6 is 0 Å². The molecule has 1 aromatic carbocycles. The van der Waals surface area contributed by atoms with Gasteiger partial charge < -0.3 is 24.8 Å². The third-order valence-electron chi connectivity index (χ3n) is 4.91. The summed E-state index contributed by atoms with van der Waals surface area (Å²) in [5, 5.41) is 11.6. The van der Waals surface area contributed by atoms with E-state index in [-0.39, 0.29) is 25.3 Å². The smallest absolute Gasteiger partial charge is 0.317 e. The average molecular weight is 362 g/mol. The Labute approximate surface area is 153 Å². The maximum absolute atomic E-state index is 12.7. The number of fused-ring (bicyclic) bond motifs is 1. The normalized spacial score (nSPS) is 16.3. The van der Waals surface area contributed by atoms with Crippen LogP contribution in [-0.4, -0.2) is 41.4 Å². The standard InChI is InChI=1S/C19H26N2O5/c22-18(23)7-4-10-20-19(24)21(15-5-2-1-3-6-15)12-14-8-9-16-17(11-14)26-13-25-16/h8-9,11,15H,1-7,10,12-13H2,(H,20,24)(H,22,23). The summed E-state index contributed by atoms with van der Waals surface area (Å²) >= 11 is 0. The van der Waals surface area contributed by atoms with E-state index in [2.05, 4.69) is 5.32 Å². The van der Waals surface area contributed by atoms with Crippen molar-refractivity contribution < 1.29 is 24.2 Å². The molecule has 0 unspecified atom stereocenters. The Balaban J connectivity index is 1.64. The zero-order valence-corrected chi connectivity index (χ0v) is 14.9. The number of hydrogen-bond donors (Lipinski definition) is 2. The van der Waals surface area contributed by atoms with Gasteiger partial charge in [-0.2, -0.15) is 0 Å². The van der Waals surface area contributed by atoms with Crippen LogP contribution in [0.2, 0.25) is 0 Å². The molecule has 1 saturated carbocycles. The summed E-state index contributed by atoms with van der Waals surface area (Å²) in [6.45, 7) is 1.11. The fraction of sp³-hybridized carbons (Fsp3) is 0.579. The first-order chi connectivity index (χ1) is 12.6. The van der Waals surface area contributed by atoms with E-state index >= 15 is 0 Å². The molecule has 0 atom stereocenters. The number of rotatable bonds is 7. The quantitative estimate of drug-likeness (QED) is 0.728. The number of nitrogens with zero attached hydrogens (tertiary/aromatic N) is 1. The summed E-state index contributed by atoms with van der Waals surface area (Å²) in [4.78, 5) is 25.2. The summed E-state index contributed by atoms with van der Waals surface area (Å²) in [5.41, 5.74) is 1.00. The lowest BCUT2D eigenvalue weighted by Crippen LogP contribution is -2.46. The highest BCUT2D eigenvalue weighted by Gasteiger charge is 2.26. The van der Waals surface area contributed by atoms with Crippen molar-refractivity contribution in [2.45, 2.75) is 57.5 Å². The number of carboxylic acids is 1. The molecule has 7 nitrogen and oxygen atoms in total. The fourth-order valence-corrected chi connectivity index (χ4v) is 3.53. The molecule has 2 N–H and O–H groups in total. The average Bonchev–Trinajstić information content (AvgIpc) is 3.11. The molecule has 26 heavy (non-hydrogen) atoms. The molecule has 0 aromatic heterocycles. The van der Waals surface area contributed by atoms with E-state index in [1.54, 1.807) is 0 Å². The SMILES string of the molecule is O=C(O)CCCNC(=O)N(Cc1ccc2c(c1)OCO2)C1CCCCC1. The van der Waals surface area contributed by atoms with Crippen molar-refractivity contribution in [3.05, 3.63) is 23.8 Å². The Kier molecular flexibility index (Phi) is 6.20. The molecular formula is C19H26N2O5. The van der Waals surface area contributed by atoms with Crippen LogP contribution in [0.15, 0.2) is 18.2 Å². The van der Waals surface area contributed by atoms with Gasteiger partial charge >= 0.3 is 12.0 Å². The third kappa shape index (κ3) is 4.80. The second-order valence-electron chi connectivity index (χ2n) is 6.84. The second-order valence-corrected chi connectivity index (χ2v) is 6.84. The first kappa shape index (κ1) is 18.4. The molecule has 1 aliphatic carbocycles. The fourth-order valence-electron chi connectivity index (χ4n) is 3.53. The van der Waals surface area contributed by atoms with Gasteiger partial charge in [0, 0.05) is 25.6 Å². The minimum atomic E-state index is -0.844. The van der Waals surface area contributed by atoms with E-state index in [1.807, 2.05) is 23.1 Å². The molecule has 0 saturated heterocycles. The maximum Gasteiger partial charge on any atom is 0.317 e. The van der Waals surface area contributed by atoms with Gasteiger partial charge in [0.2, 0.25) is 6.79 Å². The lowest BCUT2D eigenvalue weighted by atomic mass is 9.94. The monoisotopic (exact) mass is 362 g/mol. The van der Waals surface area contributed by atoms with Crippen molar-refractivity contribution in [2.24, 2.45) is 0 Å². The second kappa shape index (κ2) is 8.78. The van der Waals surface area contributed by atoms with Crippen molar-refractivity contribution in [2.75, 3.05) is 13.3 Å². The molecule has 0 radical (unpaired) electrons. The largest absolute Gasteiger partial charge is 0.481 e. The Hall–Kier alpha value is -2.44. The number of carbonyl (C=O) groups is 2. The molecule has 1 heterocycles. The van der Waals surface area contributed by atoms with Crippen molar-refractivity contribution >= 4 is 12.0 Å². The number of benzene rings is 1. The third-order valence-corrected chi connectivity index (χ3v) is 4.91. The van der Waals surface area contributed by atoms with Crippen molar-refractivity contribution in [1.29, 1.82) is 0 Å². The van der Waals surface area contributed by atoms with Gasteiger partial charge in [-0.15, -0.1) is 0 Å². The highest BCUT2D eigenvalue weighted by Crippen LogP contribution is 2.33. The molecule has 1 fully saturated rings. The van der Waals surface area contributed by atoms with Crippen LogP contribution < -0.4 is 14.8 Å². The van der Waals surface area contributed by atoms with Crippen LogP contribution in [-0.2, 0) is 11.3 Å². The van der Waals surface area contributed by atoms with Gasteiger partial charge in [-0.05, 0) is 37.0 Å². The minimum Gasteiger partial charge on any atom is -0.481 e. The van der Waals surface area contributed by atoms with E-state index in [4.69, 9.17) is 14.6 Å². The molecule has 2 amide bonds. The molecule has 142 valence electrons. The van der Waals surface area contributed by atoms with Crippen LogP contribution in [0.5, 0.6) is 11.5 Å². The Bertz CT molecular complexity index is 643. The van der Waals surface area contributed by atoms with Gasteiger partial charge in [-0.1, -0.05) is 25.3 Å². The van der Waals surface area contributed by atoms with Crippen molar-refractivity contribution in [1.82, 2.24) is 10.2 Å². The van der Waals surface area contributed by atoms with Gasteiger partial charge in [-0.25, -0.2) is 4.79 Å². The topological polar surface area (TPSA) is 88.1 Å². The van der Waals surface area contributed by atoms with E-state index in [9.17, 15) is 9.59 Å². The summed E-state index contributed by atoms with van der Waals surface area (Å²) in [5.74, 6) is 0.604. The van der Waals surface area contributed by atoms with Crippen LogP contribution in [0.4, 0.5) is 4.79 Å². The van der Waals surface area contributed by atoms with Gasteiger partial charge in [-0.3, -0.25) is 4.79 Å². The van der Waals surface area contributed by atoms with Gasteiger partial charge in [0.05, 0.1) is 0 Å². The number of carboxylic acid groups (broad SMARTS) is 1. The molecule has 2 aliphatic rings. The molecule has 0 spiro atoms. The maximum atomic E-state index is 12.7. The number of aliphatic carboxylic acids is 1. The molecule has 0 bridgehead atoms. The van der Waals surface area contributed by atoms with Gasteiger partial charge in [0.25, 0.3) is 0 Å². The van der Waals surface area contributed by atoms with E-state index in [0.29, 0.717) is 25.3 Å². The summed E-state index contributed by atoms with van der Waals surface area (Å²) in [6, 6.07) is 5.85. The molecule has 3 rings (SSSR count). The van der Waals surface area contributed by atoms with Crippen molar-refractivity contribution in [3.63, 3.8) is 0 Å². The highest BCUT2D eigenvalue weighted by atomic mass is 16.7. The van der Waals surface area contributed by atoms with Crippen LogP contribution in [0.25, 0.3) is 0 Å². The summed E-state index contributed by atoms with van der Waals surface area (Å²) in [6.07, 6.45) is 5.99. The molecule has 1 aromatic rings. The van der Waals surface area contributed by atoms with Gasteiger partial charge in [0.1, 0.15) is 0 Å². The number of amides is 2. The van der Waals surface area contributed by atoms with E-state index < -0.39 is 5.97 Å². The number of carbonyl (C=O) groups excluding carboxylic acids is 1. The lowest BCUT2D eigenvalue weighted by Gasteiger charge is -2.34.